The lowest BCUT2D eigenvalue weighted by Crippen LogP contribution is -2.03. The van der Waals surface area contributed by atoms with Crippen molar-refractivity contribution in [1.82, 2.24) is 0 Å². The summed E-state index contributed by atoms with van der Waals surface area (Å²) in [6, 6.07) is 4.95. The number of ether oxygens (including phenoxy) is 1. The summed E-state index contributed by atoms with van der Waals surface area (Å²) in [6.07, 6.45) is 0.698. The van der Waals surface area contributed by atoms with E-state index >= 15 is 0 Å². The van der Waals surface area contributed by atoms with Gasteiger partial charge in [0.1, 0.15) is 0 Å². The average Bonchev–Trinajstić information content (AvgIpc) is 2.10. The number of benzene rings is 1. The topological polar surface area (TPSA) is 35.2 Å². The molecule has 2 N–H and O–H groups in total. The van der Waals surface area contributed by atoms with Crippen molar-refractivity contribution in [1.29, 1.82) is 0 Å². The van der Waals surface area contributed by atoms with Crippen molar-refractivity contribution in [2.75, 3.05) is 13.2 Å². The van der Waals surface area contributed by atoms with E-state index in [2.05, 4.69) is 0 Å². The number of hydrogen-bond acceptors (Lipinski definition) is 2. The monoisotopic (exact) mass is 183 g/mol. The Morgan fingerprint density at radius 2 is 2.23 bits per heavy atom. The van der Waals surface area contributed by atoms with Crippen molar-refractivity contribution in [3.63, 3.8) is 0 Å². The van der Waals surface area contributed by atoms with Crippen LogP contribution in [0, 0.1) is 5.82 Å². The van der Waals surface area contributed by atoms with Crippen molar-refractivity contribution < 1.29 is 9.13 Å². The first-order valence-corrected chi connectivity index (χ1v) is 4.39. The highest BCUT2D eigenvalue weighted by Crippen LogP contribution is 2.18. The molecule has 1 rings (SSSR count). The maximum atomic E-state index is 13.2. The van der Waals surface area contributed by atoms with Gasteiger partial charge in [-0.15, -0.1) is 0 Å². The van der Waals surface area contributed by atoms with Gasteiger partial charge in [-0.3, -0.25) is 0 Å². The number of hydrogen-bond donors (Lipinski definition) is 1. The molecule has 0 amide bonds. The molecule has 0 saturated heterocycles. The van der Waals surface area contributed by atoms with E-state index < -0.39 is 0 Å². The molecule has 0 aromatic heterocycles. The molecule has 3 heteroatoms. The standard InChI is InChI=1S/C10H14FNO/c1-2-13-10-4-3-8(5-6-12)7-9(10)11/h3-4,7H,2,5-6,12H2,1H3. The van der Waals surface area contributed by atoms with Crippen LogP contribution in [0.1, 0.15) is 12.5 Å². The van der Waals surface area contributed by atoms with Crippen LogP contribution in [0.4, 0.5) is 4.39 Å². The number of rotatable bonds is 4. The third-order valence-electron chi connectivity index (χ3n) is 1.73. The van der Waals surface area contributed by atoms with Gasteiger partial charge < -0.3 is 10.5 Å². The zero-order chi connectivity index (χ0) is 9.68. The molecule has 0 radical (unpaired) electrons. The first-order valence-electron chi connectivity index (χ1n) is 4.39. The van der Waals surface area contributed by atoms with Crippen molar-refractivity contribution in [3.8, 4) is 5.75 Å². The highest BCUT2D eigenvalue weighted by atomic mass is 19.1. The van der Waals surface area contributed by atoms with E-state index in [4.69, 9.17) is 10.5 Å². The molecule has 2 nitrogen and oxygen atoms in total. The van der Waals surface area contributed by atoms with Gasteiger partial charge in [-0.25, -0.2) is 4.39 Å². The quantitative estimate of drug-likeness (QED) is 0.771. The van der Waals surface area contributed by atoms with E-state index in [0.29, 0.717) is 25.3 Å². The lowest BCUT2D eigenvalue weighted by atomic mass is 10.1. The Morgan fingerprint density at radius 3 is 2.77 bits per heavy atom. The Kier molecular flexibility index (Phi) is 3.71. The van der Waals surface area contributed by atoms with Crippen LogP contribution >= 0.6 is 0 Å². The fraction of sp³-hybridized carbons (Fsp3) is 0.400. The molecular formula is C10H14FNO. The summed E-state index contributed by atoms with van der Waals surface area (Å²) < 4.78 is 18.3. The molecule has 0 aliphatic rings. The van der Waals surface area contributed by atoms with Gasteiger partial charge in [-0.2, -0.15) is 0 Å². The minimum atomic E-state index is -0.312. The maximum absolute atomic E-state index is 13.2. The number of halogens is 1. The third-order valence-corrected chi connectivity index (χ3v) is 1.73. The molecule has 72 valence electrons. The summed E-state index contributed by atoms with van der Waals surface area (Å²) in [5.74, 6) is -0.00364. The zero-order valence-electron chi connectivity index (χ0n) is 7.72. The molecule has 0 unspecified atom stereocenters. The normalized spacial score (nSPS) is 10.1. The largest absolute Gasteiger partial charge is 0.491 e. The van der Waals surface area contributed by atoms with Gasteiger partial charge in [0.05, 0.1) is 6.61 Å². The Labute approximate surface area is 77.5 Å². The molecule has 0 atom stereocenters. The average molecular weight is 183 g/mol. The van der Waals surface area contributed by atoms with Gasteiger partial charge in [-0.05, 0) is 37.6 Å². The highest BCUT2D eigenvalue weighted by molar-refractivity contribution is 5.29. The summed E-state index contributed by atoms with van der Waals surface area (Å²) in [4.78, 5) is 0. The molecule has 0 aliphatic carbocycles. The highest BCUT2D eigenvalue weighted by Gasteiger charge is 2.02. The SMILES string of the molecule is CCOc1ccc(CCN)cc1F. The van der Waals surface area contributed by atoms with Gasteiger partial charge >= 0.3 is 0 Å². The fourth-order valence-electron chi connectivity index (χ4n) is 1.14. The van der Waals surface area contributed by atoms with Crippen LogP contribution in [0.25, 0.3) is 0 Å². The summed E-state index contributed by atoms with van der Waals surface area (Å²) in [7, 11) is 0. The summed E-state index contributed by atoms with van der Waals surface area (Å²) in [5, 5.41) is 0. The minimum Gasteiger partial charge on any atom is -0.491 e. The first kappa shape index (κ1) is 9.99. The molecule has 0 spiro atoms. The molecule has 0 aliphatic heterocycles. The van der Waals surface area contributed by atoms with Crippen LogP contribution in [0.2, 0.25) is 0 Å². The molecule has 0 saturated carbocycles. The zero-order valence-corrected chi connectivity index (χ0v) is 7.72. The molecular weight excluding hydrogens is 169 g/mol. The van der Waals surface area contributed by atoms with E-state index in [-0.39, 0.29) is 5.82 Å². The molecule has 1 aromatic rings. The van der Waals surface area contributed by atoms with Crippen LogP contribution in [0.3, 0.4) is 0 Å². The van der Waals surface area contributed by atoms with E-state index in [1.54, 1.807) is 6.07 Å². The van der Waals surface area contributed by atoms with Crippen LogP contribution in [-0.2, 0) is 6.42 Å². The van der Waals surface area contributed by atoms with E-state index in [0.717, 1.165) is 5.56 Å². The van der Waals surface area contributed by atoms with Crippen molar-refractivity contribution in [3.05, 3.63) is 29.6 Å². The second-order valence-corrected chi connectivity index (χ2v) is 2.74. The summed E-state index contributed by atoms with van der Waals surface area (Å²) in [5.41, 5.74) is 6.26. The van der Waals surface area contributed by atoms with Crippen LogP contribution in [-0.4, -0.2) is 13.2 Å². The molecule has 13 heavy (non-hydrogen) atoms. The summed E-state index contributed by atoms with van der Waals surface area (Å²) >= 11 is 0. The molecule has 0 heterocycles. The van der Waals surface area contributed by atoms with E-state index in [1.165, 1.54) is 6.07 Å². The Balaban J connectivity index is 2.79. The Hall–Kier alpha value is -1.09. The lowest BCUT2D eigenvalue weighted by Gasteiger charge is -2.05. The third kappa shape index (κ3) is 2.70. The van der Waals surface area contributed by atoms with Crippen molar-refractivity contribution >= 4 is 0 Å². The lowest BCUT2D eigenvalue weighted by molar-refractivity contribution is 0.321. The minimum absolute atomic E-state index is 0.309. The fourth-order valence-corrected chi connectivity index (χ4v) is 1.14. The van der Waals surface area contributed by atoms with Crippen LogP contribution < -0.4 is 10.5 Å². The van der Waals surface area contributed by atoms with Gasteiger partial charge in [0, 0.05) is 0 Å². The predicted molar refractivity (Wildman–Crippen MR) is 50.3 cm³/mol. The molecule has 1 aromatic carbocycles. The predicted octanol–water partition coefficient (Wildman–Crippen LogP) is 1.73. The van der Waals surface area contributed by atoms with Gasteiger partial charge in [0.15, 0.2) is 11.6 Å². The van der Waals surface area contributed by atoms with Gasteiger partial charge in [0.2, 0.25) is 0 Å². The van der Waals surface area contributed by atoms with Crippen molar-refractivity contribution in [2.24, 2.45) is 5.73 Å². The van der Waals surface area contributed by atoms with E-state index in [9.17, 15) is 4.39 Å². The summed E-state index contributed by atoms with van der Waals surface area (Å²) in [6.45, 7) is 2.84. The van der Waals surface area contributed by atoms with Crippen molar-refractivity contribution in [2.45, 2.75) is 13.3 Å². The second-order valence-electron chi connectivity index (χ2n) is 2.74. The number of nitrogens with two attached hydrogens (primary N) is 1. The Bertz CT molecular complexity index is 276. The molecule has 0 fully saturated rings. The van der Waals surface area contributed by atoms with Crippen LogP contribution in [0.15, 0.2) is 18.2 Å². The smallest absolute Gasteiger partial charge is 0.165 e. The van der Waals surface area contributed by atoms with Gasteiger partial charge in [0.25, 0.3) is 0 Å². The second kappa shape index (κ2) is 4.82. The Morgan fingerprint density at radius 1 is 1.46 bits per heavy atom. The van der Waals surface area contributed by atoms with Gasteiger partial charge in [-0.1, -0.05) is 6.07 Å². The van der Waals surface area contributed by atoms with E-state index in [1.807, 2.05) is 13.0 Å². The van der Waals surface area contributed by atoms with Crippen LogP contribution in [0.5, 0.6) is 5.75 Å². The molecule has 0 bridgehead atoms. The first-order chi connectivity index (χ1) is 6.27. The maximum Gasteiger partial charge on any atom is 0.165 e.